The van der Waals surface area contributed by atoms with Crippen molar-refractivity contribution >= 4 is 21.6 Å². The van der Waals surface area contributed by atoms with Crippen LogP contribution in [0.2, 0.25) is 0 Å². The summed E-state index contributed by atoms with van der Waals surface area (Å²) in [6.07, 6.45) is 1.46. The summed E-state index contributed by atoms with van der Waals surface area (Å²) < 4.78 is 27.5. The van der Waals surface area contributed by atoms with Gasteiger partial charge in [-0.1, -0.05) is 0 Å². The Kier molecular flexibility index (Phi) is 4.94. The summed E-state index contributed by atoms with van der Waals surface area (Å²) in [5.74, 6) is 2.56. The van der Waals surface area contributed by atoms with Crippen LogP contribution in [-0.2, 0) is 6.61 Å². The maximum atomic E-state index is 5.73. The molecule has 0 amide bonds. The van der Waals surface area contributed by atoms with E-state index in [1.165, 1.54) is 17.7 Å². The van der Waals surface area contributed by atoms with Crippen LogP contribution < -0.4 is 18.9 Å². The Morgan fingerprint density at radius 1 is 1.00 bits per heavy atom. The molecule has 28 heavy (non-hydrogen) atoms. The summed E-state index contributed by atoms with van der Waals surface area (Å²) in [6, 6.07) is 5.38. The Labute approximate surface area is 163 Å². The molecule has 0 radical (unpaired) electrons. The van der Waals surface area contributed by atoms with Gasteiger partial charge in [-0.05, 0) is 23.6 Å². The fourth-order valence-corrected chi connectivity index (χ4v) is 3.37. The van der Waals surface area contributed by atoms with E-state index in [9.17, 15) is 0 Å². The van der Waals surface area contributed by atoms with E-state index in [4.69, 9.17) is 23.4 Å². The summed E-state index contributed by atoms with van der Waals surface area (Å²) in [5, 5.41) is 10.9. The quantitative estimate of drug-likeness (QED) is 0.462. The lowest BCUT2D eigenvalue weighted by molar-refractivity contribution is 0.258. The van der Waals surface area contributed by atoms with Crippen molar-refractivity contribution in [1.29, 1.82) is 0 Å². The molecule has 0 N–H and O–H groups in total. The van der Waals surface area contributed by atoms with Gasteiger partial charge in [-0.25, -0.2) is 9.97 Å². The maximum Gasteiger partial charge on any atom is 0.254 e. The van der Waals surface area contributed by atoms with Gasteiger partial charge >= 0.3 is 0 Å². The molecule has 4 rings (SSSR count). The van der Waals surface area contributed by atoms with Crippen LogP contribution in [0.1, 0.15) is 5.89 Å². The molecule has 144 valence electrons. The molecule has 0 aliphatic heterocycles. The lowest BCUT2D eigenvalue weighted by Gasteiger charge is -2.12. The molecule has 0 saturated carbocycles. The highest BCUT2D eigenvalue weighted by Gasteiger charge is 2.18. The lowest BCUT2D eigenvalue weighted by Crippen LogP contribution is -1.98. The predicted octanol–water partition coefficient (Wildman–Crippen LogP) is 3.35. The van der Waals surface area contributed by atoms with Crippen molar-refractivity contribution in [2.45, 2.75) is 6.61 Å². The fourth-order valence-electron chi connectivity index (χ4n) is 2.65. The second kappa shape index (κ2) is 7.69. The summed E-state index contributed by atoms with van der Waals surface area (Å²) in [5.41, 5.74) is 0.635. The van der Waals surface area contributed by atoms with Crippen molar-refractivity contribution in [2.75, 3.05) is 21.3 Å². The van der Waals surface area contributed by atoms with Gasteiger partial charge in [0.2, 0.25) is 17.5 Å². The van der Waals surface area contributed by atoms with E-state index >= 15 is 0 Å². The van der Waals surface area contributed by atoms with Gasteiger partial charge < -0.3 is 23.4 Å². The third kappa shape index (κ3) is 3.29. The number of hydrogen-bond donors (Lipinski definition) is 0. The molecule has 1 aromatic carbocycles. The van der Waals surface area contributed by atoms with Gasteiger partial charge in [0.15, 0.2) is 18.1 Å². The summed E-state index contributed by atoms with van der Waals surface area (Å²) >= 11 is 1.52. The highest BCUT2D eigenvalue weighted by atomic mass is 32.1. The smallest absolute Gasteiger partial charge is 0.254 e. The number of rotatable bonds is 7. The standard InChI is InChI=1S/C18H16N4O5S/c1-23-12-6-10(7-13(24-2)15(12)25-3)16-22-21-14(27-16)8-26-17-11-4-5-28-18(11)20-9-19-17/h4-7,9H,8H2,1-3H3. The van der Waals surface area contributed by atoms with E-state index < -0.39 is 0 Å². The number of fused-ring (bicyclic) bond motifs is 1. The second-order valence-corrected chi connectivity index (χ2v) is 6.42. The minimum Gasteiger partial charge on any atom is -0.493 e. The number of aromatic nitrogens is 4. The van der Waals surface area contributed by atoms with E-state index in [2.05, 4.69) is 20.2 Å². The van der Waals surface area contributed by atoms with Crippen LogP contribution in [0.3, 0.4) is 0 Å². The molecule has 0 unspecified atom stereocenters. The molecule has 3 aromatic heterocycles. The Balaban J connectivity index is 1.57. The number of methoxy groups -OCH3 is 3. The summed E-state index contributed by atoms with van der Waals surface area (Å²) in [4.78, 5) is 9.20. The monoisotopic (exact) mass is 400 g/mol. The molecule has 10 heteroatoms. The molecule has 0 saturated heterocycles. The number of ether oxygens (including phenoxy) is 4. The van der Waals surface area contributed by atoms with Crippen LogP contribution in [0.5, 0.6) is 23.1 Å². The average Bonchev–Trinajstić information content (AvgIpc) is 3.40. The number of nitrogens with zero attached hydrogens (tertiary/aromatic N) is 4. The van der Waals surface area contributed by atoms with Gasteiger partial charge in [-0.15, -0.1) is 21.5 Å². The van der Waals surface area contributed by atoms with Crippen LogP contribution in [0, 0.1) is 0 Å². The van der Waals surface area contributed by atoms with Gasteiger partial charge in [0, 0.05) is 5.56 Å². The van der Waals surface area contributed by atoms with Crippen molar-refractivity contribution in [3.05, 3.63) is 35.8 Å². The minimum absolute atomic E-state index is 0.0827. The molecule has 0 aliphatic rings. The van der Waals surface area contributed by atoms with Gasteiger partial charge in [-0.2, -0.15) is 0 Å². The van der Waals surface area contributed by atoms with E-state index in [1.807, 2.05) is 11.4 Å². The second-order valence-electron chi connectivity index (χ2n) is 5.52. The molecule has 0 spiro atoms. The normalized spacial score (nSPS) is 10.8. The molecule has 4 aromatic rings. The maximum absolute atomic E-state index is 5.73. The first-order chi connectivity index (χ1) is 13.7. The van der Waals surface area contributed by atoms with Crippen molar-refractivity contribution in [2.24, 2.45) is 0 Å². The van der Waals surface area contributed by atoms with Crippen LogP contribution in [0.25, 0.3) is 21.7 Å². The van der Waals surface area contributed by atoms with Crippen LogP contribution in [-0.4, -0.2) is 41.5 Å². The Morgan fingerprint density at radius 2 is 1.79 bits per heavy atom. The first-order valence-electron chi connectivity index (χ1n) is 8.17. The van der Waals surface area contributed by atoms with Crippen molar-refractivity contribution in [1.82, 2.24) is 20.2 Å². The molecule has 0 fully saturated rings. The summed E-state index contributed by atoms with van der Waals surface area (Å²) in [6.45, 7) is 0.0827. The molecular formula is C18H16N4O5S. The third-order valence-electron chi connectivity index (χ3n) is 3.94. The molecule has 0 atom stereocenters. The number of hydrogen-bond acceptors (Lipinski definition) is 10. The highest BCUT2D eigenvalue weighted by molar-refractivity contribution is 7.16. The molecule has 0 bridgehead atoms. The van der Waals surface area contributed by atoms with Crippen LogP contribution in [0.15, 0.2) is 34.3 Å². The minimum atomic E-state index is 0.0827. The predicted molar refractivity (Wildman–Crippen MR) is 101 cm³/mol. The molecule has 3 heterocycles. The first kappa shape index (κ1) is 18.0. The Morgan fingerprint density at radius 3 is 2.50 bits per heavy atom. The summed E-state index contributed by atoms with van der Waals surface area (Å²) in [7, 11) is 4.63. The van der Waals surface area contributed by atoms with E-state index in [-0.39, 0.29) is 6.61 Å². The fraction of sp³-hybridized carbons (Fsp3) is 0.222. The Bertz CT molecular complexity index is 1090. The van der Waals surface area contributed by atoms with Crippen LogP contribution >= 0.6 is 11.3 Å². The Hall–Kier alpha value is -3.40. The van der Waals surface area contributed by atoms with E-state index in [0.29, 0.717) is 40.5 Å². The van der Waals surface area contributed by atoms with Gasteiger partial charge in [0.1, 0.15) is 11.2 Å². The lowest BCUT2D eigenvalue weighted by atomic mass is 10.2. The van der Waals surface area contributed by atoms with Gasteiger partial charge in [-0.3, -0.25) is 0 Å². The van der Waals surface area contributed by atoms with E-state index in [0.717, 1.165) is 10.2 Å². The molecule has 9 nitrogen and oxygen atoms in total. The van der Waals surface area contributed by atoms with Crippen molar-refractivity contribution in [3.8, 4) is 34.6 Å². The van der Waals surface area contributed by atoms with Gasteiger partial charge in [0.05, 0.1) is 26.7 Å². The largest absolute Gasteiger partial charge is 0.493 e. The average molecular weight is 400 g/mol. The van der Waals surface area contributed by atoms with Crippen LogP contribution in [0.4, 0.5) is 0 Å². The van der Waals surface area contributed by atoms with Gasteiger partial charge in [0.25, 0.3) is 5.89 Å². The zero-order valence-corrected chi connectivity index (χ0v) is 16.1. The zero-order valence-electron chi connectivity index (χ0n) is 15.3. The molecular weight excluding hydrogens is 384 g/mol. The molecule has 0 aliphatic carbocycles. The number of benzene rings is 1. The topological polar surface area (TPSA) is 102 Å². The first-order valence-corrected chi connectivity index (χ1v) is 9.05. The third-order valence-corrected chi connectivity index (χ3v) is 4.76. The van der Waals surface area contributed by atoms with Crippen molar-refractivity contribution < 1.29 is 23.4 Å². The highest BCUT2D eigenvalue weighted by Crippen LogP contribution is 2.40. The zero-order chi connectivity index (χ0) is 19.5. The van der Waals surface area contributed by atoms with E-state index in [1.54, 1.807) is 33.5 Å². The van der Waals surface area contributed by atoms with Crippen molar-refractivity contribution in [3.63, 3.8) is 0 Å². The number of thiophene rings is 1. The SMILES string of the molecule is COc1cc(-c2nnc(COc3ncnc4sccc34)o2)cc(OC)c1OC.